The highest BCUT2D eigenvalue weighted by molar-refractivity contribution is 5.93. The summed E-state index contributed by atoms with van der Waals surface area (Å²) in [4.78, 5) is 19.4. The molecule has 1 saturated carbocycles. The lowest BCUT2D eigenvalue weighted by Crippen LogP contribution is -2.31. The van der Waals surface area contributed by atoms with Crippen molar-refractivity contribution in [2.24, 2.45) is 13.0 Å². The molecule has 0 aromatic carbocycles. The number of H-pyrrole nitrogens is 1. The highest BCUT2D eigenvalue weighted by atomic mass is 16.2. The Morgan fingerprint density at radius 3 is 3.00 bits per heavy atom. The Bertz CT molecular complexity index is 674. The summed E-state index contributed by atoms with van der Waals surface area (Å²) in [5.74, 6) is 1.12. The fourth-order valence-corrected chi connectivity index (χ4v) is 2.31. The average Bonchev–Trinajstić information content (AvgIpc) is 3.01. The first-order valence-electron chi connectivity index (χ1n) is 6.55. The molecule has 20 heavy (non-hydrogen) atoms. The van der Waals surface area contributed by atoms with Gasteiger partial charge in [-0.25, -0.2) is 4.98 Å². The molecule has 2 aromatic heterocycles. The molecule has 6 heteroatoms. The number of nitriles is 1. The van der Waals surface area contributed by atoms with E-state index >= 15 is 0 Å². The average molecular weight is 269 g/mol. The zero-order valence-electron chi connectivity index (χ0n) is 11.1. The lowest BCUT2D eigenvalue weighted by atomic mass is 10.1. The summed E-state index contributed by atoms with van der Waals surface area (Å²) in [7, 11) is 1.92. The van der Waals surface area contributed by atoms with Crippen LogP contribution in [0.4, 0.5) is 0 Å². The van der Waals surface area contributed by atoms with Crippen molar-refractivity contribution in [2.75, 3.05) is 0 Å². The minimum absolute atomic E-state index is 0.0728. The highest BCUT2D eigenvalue weighted by Crippen LogP contribution is 2.40. The number of rotatable bonds is 4. The van der Waals surface area contributed by atoms with Crippen LogP contribution >= 0.6 is 0 Å². The molecule has 1 aliphatic carbocycles. The quantitative estimate of drug-likeness (QED) is 0.881. The van der Waals surface area contributed by atoms with E-state index < -0.39 is 0 Å². The number of amides is 1. The zero-order chi connectivity index (χ0) is 14.1. The first kappa shape index (κ1) is 12.5. The molecular weight excluding hydrogens is 254 g/mol. The molecule has 0 bridgehead atoms. The number of aromatic amines is 1. The SMILES string of the molecule is Cn1ccnc1C(NC(=O)c1cc(C#N)c[nH]1)C1CC1. The Balaban J connectivity index is 1.79. The van der Waals surface area contributed by atoms with Gasteiger partial charge in [-0.3, -0.25) is 4.79 Å². The molecule has 3 rings (SSSR count). The number of aromatic nitrogens is 3. The van der Waals surface area contributed by atoms with Crippen LogP contribution in [0.2, 0.25) is 0 Å². The van der Waals surface area contributed by atoms with Gasteiger partial charge < -0.3 is 14.9 Å². The Hall–Kier alpha value is -2.55. The summed E-state index contributed by atoms with van der Waals surface area (Å²) in [6.07, 6.45) is 7.35. The van der Waals surface area contributed by atoms with Crippen LogP contribution in [0.15, 0.2) is 24.7 Å². The van der Waals surface area contributed by atoms with Gasteiger partial charge in [-0.2, -0.15) is 5.26 Å². The largest absolute Gasteiger partial charge is 0.356 e. The van der Waals surface area contributed by atoms with E-state index in [1.54, 1.807) is 12.3 Å². The first-order valence-corrected chi connectivity index (χ1v) is 6.55. The number of imidazole rings is 1. The van der Waals surface area contributed by atoms with Crippen LogP contribution in [-0.4, -0.2) is 20.4 Å². The molecule has 0 spiro atoms. The monoisotopic (exact) mass is 269 g/mol. The zero-order valence-corrected chi connectivity index (χ0v) is 11.1. The van der Waals surface area contributed by atoms with Crippen LogP contribution in [0.5, 0.6) is 0 Å². The summed E-state index contributed by atoms with van der Waals surface area (Å²) in [5, 5.41) is 11.8. The number of hydrogen-bond donors (Lipinski definition) is 2. The molecule has 0 radical (unpaired) electrons. The van der Waals surface area contributed by atoms with Gasteiger partial charge in [0.15, 0.2) is 0 Å². The van der Waals surface area contributed by atoms with E-state index in [4.69, 9.17) is 5.26 Å². The minimum Gasteiger partial charge on any atom is -0.356 e. The van der Waals surface area contributed by atoms with Gasteiger partial charge in [-0.1, -0.05) is 0 Å². The number of nitrogens with one attached hydrogen (secondary N) is 2. The third kappa shape index (κ3) is 2.30. The van der Waals surface area contributed by atoms with E-state index in [9.17, 15) is 4.79 Å². The highest BCUT2D eigenvalue weighted by Gasteiger charge is 2.36. The maximum absolute atomic E-state index is 12.2. The Kier molecular flexibility index (Phi) is 3.03. The van der Waals surface area contributed by atoms with Crippen molar-refractivity contribution in [3.8, 4) is 6.07 Å². The maximum atomic E-state index is 12.2. The molecule has 1 amide bonds. The van der Waals surface area contributed by atoms with Gasteiger partial charge in [-0.15, -0.1) is 0 Å². The number of nitrogens with zero attached hydrogens (tertiary/aromatic N) is 3. The minimum atomic E-state index is -0.202. The van der Waals surface area contributed by atoms with E-state index in [0.29, 0.717) is 17.2 Å². The number of carbonyl (C=O) groups excluding carboxylic acids is 1. The molecule has 2 N–H and O–H groups in total. The number of aryl methyl sites for hydroxylation is 1. The summed E-state index contributed by atoms with van der Waals surface area (Å²) in [6.45, 7) is 0. The van der Waals surface area contributed by atoms with Crippen molar-refractivity contribution in [1.29, 1.82) is 5.26 Å². The second-order valence-electron chi connectivity index (χ2n) is 5.10. The molecule has 1 atom stereocenters. The van der Waals surface area contributed by atoms with Crippen LogP contribution in [0, 0.1) is 17.2 Å². The van der Waals surface area contributed by atoms with E-state index in [-0.39, 0.29) is 11.9 Å². The van der Waals surface area contributed by atoms with Gasteiger partial charge in [0.1, 0.15) is 17.6 Å². The smallest absolute Gasteiger partial charge is 0.268 e. The van der Waals surface area contributed by atoms with Crippen LogP contribution in [0.25, 0.3) is 0 Å². The summed E-state index contributed by atoms with van der Waals surface area (Å²) in [6, 6.07) is 3.48. The van der Waals surface area contributed by atoms with Crippen molar-refractivity contribution in [3.05, 3.63) is 41.7 Å². The van der Waals surface area contributed by atoms with Gasteiger partial charge in [0.25, 0.3) is 5.91 Å². The van der Waals surface area contributed by atoms with Crippen LogP contribution in [0.3, 0.4) is 0 Å². The second-order valence-corrected chi connectivity index (χ2v) is 5.10. The van der Waals surface area contributed by atoms with Crippen LogP contribution in [-0.2, 0) is 7.05 Å². The lowest BCUT2D eigenvalue weighted by molar-refractivity contribution is 0.0924. The standard InChI is InChI=1S/C14H15N5O/c1-19-5-4-16-13(19)12(10-2-3-10)18-14(20)11-6-9(7-15)8-17-11/h4-6,8,10,12,17H,2-3H2,1H3,(H,18,20). The summed E-state index contributed by atoms with van der Waals surface area (Å²) >= 11 is 0. The predicted molar refractivity (Wildman–Crippen MR) is 71.6 cm³/mol. The van der Waals surface area contributed by atoms with Crippen LogP contribution < -0.4 is 5.32 Å². The Morgan fingerprint density at radius 2 is 2.45 bits per heavy atom. The molecule has 1 fully saturated rings. The fourth-order valence-electron chi connectivity index (χ4n) is 2.31. The maximum Gasteiger partial charge on any atom is 0.268 e. The molecule has 0 aliphatic heterocycles. The van der Waals surface area contributed by atoms with E-state index in [1.807, 2.05) is 23.9 Å². The Labute approximate surface area is 116 Å². The first-order chi connectivity index (χ1) is 9.69. The summed E-state index contributed by atoms with van der Waals surface area (Å²) < 4.78 is 1.93. The van der Waals surface area contributed by atoms with Gasteiger partial charge in [0, 0.05) is 25.6 Å². The van der Waals surface area contributed by atoms with Crippen LogP contribution in [0.1, 0.15) is 40.8 Å². The fraction of sp³-hybridized carbons (Fsp3) is 0.357. The van der Waals surface area contributed by atoms with Crippen molar-refractivity contribution in [2.45, 2.75) is 18.9 Å². The third-order valence-electron chi connectivity index (χ3n) is 3.57. The molecule has 1 aliphatic rings. The molecule has 2 heterocycles. The van der Waals surface area contributed by atoms with Crippen molar-refractivity contribution in [3.63, 3.8) is 0 Å². The molecule has 6 nitrogen and oxygen atoms in total. The number of hydrogen-bond acceptors (Lipinski definition) is 3. The van der Waals surface area contributed by atoms with E-state index in [0.717, 1.165) is 18.7 Å². The number of carbonyl (C=O) groups is 1. The molecule has 102 valence electrons. The second kappa shape index (κ2) is 4.85. The molecule has 0 saturated heterocycles. The lowest BCUT2D eigenvalue weighted by Gasteiger charge is -2.17. The molecular formula is C14H15N5O. The summed E-state index contributed by atoms with van der Waals surface area (Å²) in [5.41, 5.74) is 0.858. The third-order valence-corrected chi connectivity index (χ3v) is 3.57. The van der Waals surface area contributed by atoms with Crippen molar-refractivity contribution < 1.29 is 4.79 Å². The van der Waals surface area contributed by atoms with E-state index in [1.165, 1.54) is 6.20 Å². The van der Waals surface area contributed by atoms with Gasteiger partial charge in [0.2, 0.25) is 0 Å². The van der Waals surface area contributed by atoms with E-state index in [2.05, 4.69) is 15.3 Å². The van der Waals surface area contributed by atoms with Gasteiger partial charge in [-0.05, 0) is 24.8 Å². The normalized spacial score (nSPS) is 15.6. The topological polar surface area (TPSA) is 86.5 Å². The molecule has 2 aromatic rings. The predicted octanol–water partition coefficient (Wildman–Crippen LogP) is 1.50. The molecule has 1 unspecified atom stereocenters. The van der Waals surface area contributed by atoms with Crippen molar-refractivity contribution >= 4 is 5.91 Å². The van der Waals surface area contributed by atoms with Crippen molar-refractivity contribution in [1.82, 2.24) is 19.9 Å². The van der Waals surface area contributed by atoms with Gasteiger partial charge >= 0.3 is 0 Å². The Morgan fingerprint density at radius 1 is 1.65 bits per heavy atom. The van der Waals surface area contributed by atoms with Gasteiger partial charge in [0.05, 0.1) is 11.6 Å².